The van der Waals surface area contributed by atoms with Gasteiger partial charge in [0.15, 0.2) is 5.16 Å². The van der Waals surface area contributed by atoms with E-state index < -0.39 is 0 Å². The summed E-state index contributed by atoms with van der Waals surface area (Å²) < 4.78 is 6.90. The molecule has 1 heterocycles. The second-order valence-electron chi connectivity index (χ2n) is 7.83. The molecule has 2 aromatic rings. The van der Waals surface area contributed by atoms with Crippen molar-refractivity contribution in [1.29, 1.82) is 0 Å². The Bertz CT molecular complexity index is 881. The molecule has 0 saturated carbocycles. The van der Waals surface area contributed by atoms with Crippen LogP contribution in [0.15, 0.2) is 40.3 Å². The number of aromatic nitrogens is 2. The average Bonchev–Trinajstić information content (AvgIpc) is 2.72. The molecule has 0 aliphatic heterocycles. The van der Waals surface area contributed by atoms with E-state index in [4.69, 9.17) is 9.72 Å². The van der Waals surface area contributed by atoms with Gasteiger partial charge in [-0.1, -0.05) is 55.9 Å². The number of methoxy groups -OCH3 is 1. The molecule has 1 aromatic carbocycles. The lowest BCUT2D eigenvalue weighted by atomic mass is 10.0. The minimum atomic E-state index is -0.0492. The van der Waals surface area contributed by atoms with Crippen LogP contribution in [0.3, 0.4) is 0 Å². The molecule has 164 valence electrons. The molecule has 0 aliphatic rings. The van der Waals surface area contributed by atoms with Gasteiger partial charge in [0.05, 0.1) is 12.3 Å². The van der Waals surface area contributed by atoms with Crippen molar-refractivity contribution in [1.82, 2.24) is 14.9 Å². The van der Waals surface area contributed by atoms with Crippen molar-refractivity contribution in [3.8, 4) is 0 Å². The van der Waals surface area contributed by atoms with E-state index in [0.29, 0.717) is 47.5 Å². The van der Waals surface area contributed by atoms with Gasteiger partial charge in [-0.25, -0.2) is 4.98 Å². The highest BCUT2D eigenvalue weighted by atomic mass is 32.2. The van der Waals surface area contributed by atoms with Gasteiger partial charge in [0.25, 0.3) is 5.56 Å². The molecule has 6 nitrogen and oxygen atoms in total. The predicted molar refractivity (Wildman–Crippen MR) is 122 cm³/mol. The van der Waals surface area contributed by atoms with Crippen LogP contribution in [0.1, 0.15) is 50.4 Å². The Morgan fingerprint density at radius 2 is 1.93 bits per heavy atom. The molecule has 0 saturated heterocycles. The highest BCUT2D eigenvalue weighted by molar-refractivity contribution is 7.99. The Labute approximate surface area is 183 Å². The van der Waals surface area contributed by atoms with Gasteiger partial charge in [0, 0.05) is 44.4 Å². The number of carbonyl (C=O) groups excluding carboxylic acids is 1. The SMILES string of the molecule is COCc1nc(SCCCC(=O)NC(C)C(C)C)n(C)c(=O)c1Cc1ccccc1. The highest BCUT2D eigenvalue weighted by Gasteiger charge is 2.16. The fourth-order valence-corrected chi connectivity index (χ4v) is 3.85. The quantitative estimate of drug-likeness (QED) is 0.335. The molecule has 2 rings (SSSR count). The Morgan fingerprint density at radius 3 is 2.57 bits per heavy atom. The van der Waals surface area contributed by atoms with E-state index in [1.165, 1.54) is 11.8 Å². The van der Waals surface area contributed by atoms with Crippen molar-refractivity contribution >= 4 is 17.7 Å². The molecule has 7 heteroatoms. The summed E-state index contributed by atoms with van der Waals surface area (Å²) in [6.45, 7) is 6.49. The van der Waals surface area contributed by atoms with Crippen LogP contribution in [-0.4, -0.2) is 34.4 Å². The number of thioether (sulfide) groups is 1. The minimum Gasteiger partial charge on any atom is -0.378 e. The standard InChI is InChI=1S/C23H33N3O3S/c1-16(2)17(3)24-21(27)12-9-13-30-23-25-20(15-29-5)19(22(28)26(23)4)14-18-10-7-6-8-11-18/h6-8,10-11,16-17H,9,12-15H2,1-5H3,(H,24,27). The number of carbonyl (C=O) groups is 1. The van der Waals surface area contributed by atoms with Gasteiger partial charge in [0.2, 0.25) is 5.91 Å². The van der Waals surface area contributed by atoms with Gasteiger partial charge in [-0.2, -0.15) is 0 Å². The van der Waals surface area contributed by atoms with Crippen LogP contribution in [0.25, 0.3) is 0 Å². The predicted octanol–water partition coefficient (Wildman–Crippen LogP) is 3.55. The lowest BCUT2D eigenvalue weighted by Crippen LogP contribution is -2.35. The van der Waals surface area contributed by atoms with Crippen LogP contribution >= 0.6 is 11.8 Å². The third kappa shape index (κ3) is 6.99. The Hall–Kier alpha value is -2.12. The first-order chi connectivity index (χ1) is 14.3. The van der Waals surface area contributed by atoms with E-state index in [1.807, 2.05) is 37.3 Å². The zero-order valence-electron chi connectivity index (χ0n) is 18.6. The normalized spacial score (nSPS) is 12.2. The minimum absolute atomic E-state index is 0.0492. The molecule has 0 bridgehead atoms. The van der Waals surface area contributed by atoms with Crippen LogP contribution in [0, 0.1) is 5.92 Å². The molecule has 0 aliphatic carbocycles. The second-order valence-corrected chi connectivity index (χ2v) is 8.89. The zero-order chi connectivity index (χ0) is 22.1. The van der Waals surface area contributed by atoms with E-state index in [1.54, 1.807) is 18.7 Å². The Kier molecular flexibility index (Phi) is 9.59. The van der Waals surface area contributed by atoms with Crippen molar-refractivity contribution < 1.29 is 9.53 Å². The molecule has 1 aromatic heterocycles. The third-order valence-corrected chi connectivity index (χ3v) is 6.22. The summed E-state index contributed by atoms with van der Waals surface area (Å²) in [5.41, 5.74) is 2.36. The summed E-state index contributed by atoms with van der Waals surface area (Å²) in [5, 5.41) is 3.67. The molecule has 0 spiro atoms. The van der Waals surface area contributed by atoms with Gasteiger partial charge < -0.3 is 10.1 Å². The van der Waals surface area contributed by atoms with Crippen molar-refractivity contribution in [2.75, 3.05) is 12.9 Å². The van der Waals surface area contributed by atoms with E-state index in [9.17, 15) is 9.59 Å². The average molecular weight is 432 g/mol. The number of rotatable bonds is 11. The highest BCUT2D eigenvalue weighted by Crippen LogP contribution is 2.19. The maximum absolute atomic E-state index is 13.0. The molecule has 1 N–H and O–H groups in total. The lowest BCUT2D eigenvalue weighted by Gasteiger charge is -2.17. The van der Waals surface area contributed by atoms with Crippen molar-refractivity contribution in [3.05, 3.63) is 57.5 Å². The molecule has 1 amide bonds. The van der Waals surface area contributed by atoms with Gasteiger partial charge in [-0.05, 0) is 24.8 Å². The smallest absolute Gasteiger partial charge is 0.257 e. The Balaban J connectivity index is 2.05. The topological polar surface area (TPSA) is 73.2 Å². The molecule has 1 atom stereocenters. The first-order valence-corrected chi connectivity index (χ1v) is 11.4. The maximum atomic E-state index is 13.0. The van der Waals surface area contributed by atoms with Crippen molar-refractivity contribution in [2.24, 2.45) is 13.0 Å². The first kappa shape index (κ1) is 24.2. The van der Waals surface area contributed by atoms with Crippen LogP contribution in [-0.2, 0) is 29.6 Å². The van der Waals surface area contributed by atoms with E-state index in [0.717, 1.165) is 12.0 Å². The number of benzene rings is 1. The summed E-state index contributed by atoms with van der Waals surface area (Å²) in [5.74, 6) is 1.20. The van der Waals surface area contributed by atoms with Crippen LogP contribution < -0.4 is 10.9 Å². The van der Waals surface area contributed by atoms with Gasteiger partial charge in [-0.3, -0.25) is 14.2 Å². The lowest BCUT2D eigenvalue weighted by molar-refractivity contribution is -0.121. The largest absolute Gasteiger partial charge is 0.378 e. The maximum Gasteiger partial charge on any atom is 0.257 e. The first-order valence-electron chi connectivity index (χ1n) is 10.4. The summed E-state index contributed by atoms with van der Waals surface area (Å²) in [4.78, 5) is 29.8. The van der Waals surface area contributed by atoms with Crippen LogP contribution in [0.4, 0.5) is 0 Å². The van der Waals surface area contributed by atoms with Gasteiger partial charge in [-0.15, -0.1) is 0 Å². The molecule has 30 heavy (non-hydrogen) atoms. The number of nitrogens with zero attached hydrogens (tertiary/aromatic N) is 2. The number of hydrogen-bond donors (Lipinski definition) is 1. The monoisotopic (exact) mass is 431 g/mol. The number of hydrogen-bond acceptors (Lipinski definition) is 5. The van der Waals surface area contributed by atoms with Crippen molar-refractivity contribution in [2.45, 2.75) is 57.8 Å². The molecule has 0 radical (unpaired) electrons. The third-order valence-electron chi connectivity index (χ3n) is 5.10. The van der Waals surface area contributed by atoms with Gasteiger partial charge >= 0.3 is 0 Å². The molecule has 0 fully saturated rings. The molecular weight excluding hydrogens is 398 g/mol. The number of amides is 1. The Morgan fingerprint density at radius 1 is 1.23 bits per heavy atom. The fourth-order valence-electron chi connectivity index (χ4n) is 2.92. The van der Waals surface area contributed by atoms with E-state index in [2.05, 4.69) is 19.2 Å². The van der Waals surface area contributed by atoms with Gasteiger partial charge in [0.1, 0.15) is 0 Å². The van der Waals surface area contributed by atoms with Crippen LogP contribution in [0.5, 0.6) is 0 Å². The molecular formula is C23H33N3O3S. The fraction of sp³-hybridized carbons (Fsp3) is 0.522. The zero-order valence-corrected chi connectivity index (χ0v) is 19.4. The summed E-state index contributed by atoms with van der Waals surface area (Å²) >= 11 is 1.50. The second kappa shape index (κ2) is 11.9. The summed E-state index contributed by atoms with van der Waals surface area (Å²) in [6, 6.07) is 10.1. The van der Waals surface area contributed by atoms with Crippen LogP contribution in [0.2, 0.25) is 0 Å². The molecule has 1 unspecified atom stereocenters. The summed E-state index contributed by atoms with van der Waals surface area (Å²) in [7, 11) is 3.36. The summed E-state index contributed by atoms with van der Waals surface area (Å²) in [6.07, 6.45) is 1.72. The van der Waals surface area contributed by atoms with Crippen molar-refractivity contribution in [3.63, 3.8) is 0 Å². The van der Waals surface area contributed by atoms with E-state index in [-0.39, 0.29) is 17.5 Å². The number of nitrogens with one attached hydrogen (secondary N) is 1. The number of ether oxygens (including phenoxy) is 1. The van der Waals surface area contributed by atoms with E-state index >= 15 is 0 Å².